The van der Waals surface area contributed by atoms with E-state index in [1.54, 1.807) is 23.5 Å². The first kappa shape index (κ1) is 13.1. The van der Waals surface area contributed by atoms with Gasteiger partial charge < -0.3 is 0 Å². The predicted molar refractivity (Wildman–Crippen MR) is 67.9 cm³/mol. The fourth-order valence-electron chi connectivity index (χ4n) is 1.86. The molecule has 0 unspecified atom stereocenters. The molecule has 18 heavy (non-hydrogen) atoms. The smallest absolute Gasteiger partial charge is 0.166 e. The first-order valence-corrected chi connectivity index (χ1v) is 6.46. The van der Waals surface area contributed by atoms with E-state index < -0.39 is 11.7 Å². The van der Waals surface area contributed by atoms with Gasteiger partial charge in [0.2, 0.25) is 0 Å². The van der Waals surface area contributed by atoms with Gasteiger partial charge in [-0.3, -0.25) is 0 Å². The van der Waals surface area contributed by atoms with Crippen molar-refractivity contribution in [1.29, 1.82) is 0 Å². The fourth-order valence-corrected chi connectivity index (χ4v) is 2.69. The highest BCUT2D eigenvalue weighted by Gasteiger charge is 2.31. The van der Waals surface area contributed by atoms with Gasteiger partial charge in [0.05, 0.1) is 5.56 Å². The molecule has 0 amide bonds. The molecule has 0 saturated carbocycles. The van der Waals surface area contributed by atoms with Crippen molar-refractivity contribution in [2.45, 2.75) is 25.4 Å². The summed E-state index contributed by atoms with van der Waals surface area (Å²) in [6, 6.07) is 7.40. The molecule has 0 nitrogen and oxygen atoms in total. The van der Waals surface area contributed by atoms with Crippen LogP contribution in [0.2, 0.25) is 0 Å². The van der Waals surface area contributed by atoms with Gasteiger partial charge in [-0.05, 0) is 40.1 Å². The van der Waals surface area contributed by atoms with Crippen LogP contribution in [-0.4, -0.2) is 0 Å². The first-order chi connectivity index (χ1) is 8.32. The van der Waals surface area contributed by atoms with E-state index in [2.05, 4.69) is 0 Å². The highest BCUT2D eigenvalue weighted by atomic mass is 32.1. The molecule has 1 aromatic carbocycles. The van der Waals surface area contributed by atoms with Gasteiger partial charge in [-0.15, -0.1) is 0 Å². The Morgan fingerprint density at radius 2 is 1.39 bits per heavy atom. The summed E-state index contributed by atoms with van der Waals surface area (Å²) in [5, 5.41) is 4.00. The quantitative estimate of drug-likeness (QED) is 0.712. The standard InChI is InChI=1S/C14H13F3S/c1-13(2,12-7-8-18-9-12)10-3-5-11(6-4-10)14(15,16)17/h3-9H,1-2H3. The van der Waals surface area contributed by atoms with Gasteiger partial charge in [0, 0.05) is 5.41 Å². The molecule has 0 bridgehead atoms. The molecule has 0 spiro atoms. The minimum Gasteiger partial charge on any atom is -0.166 e. The van der Waals surface area contributed by atoms with E-state index in [0.717, 1.165) is 23.3 Å². The summed E-state index contributed by atoms with van der Waals surface area (Å²) in [6.45, 7) is 4.02. The molecule has 0 saturated heterocycles. The van der Waals surface area contributed by atoms with Crippen LogP contribution in [0.1, 0.15) is 30.5 Å². The Morgan fingerprint density at radius 3 is 1.83 bits per heavy atom. The van der Waals surface area contributed by atoms with Crippen LogP contribution < -0.4 is 0 Å². The molecule has 0 radical (unpaired) electrons. The number of halogens is 3. The molecule has 0 fully saturated rings. The van der Waals surface area contributed by atoms with Crippen molar-refractivity contribution < 1.29 is 13.2 Å². The average molecular weight is 270 g/mol. The number of rotatable bonds is 2. The lowest BCUT2D eigenvalue weighted by Crippen LogP contribution is -2.18. The highest BCUT2D eigenvalue weighted by Crippen LogP contribution is 2.35. The topological polar surface area (TPSA) is 0 Å². The summed E-state index contributed by atoms with van der Waals surface area (Å²) < 4.78 is 37.5. The first-order valence-electron chi connectivity index (χ1n) is 5.52. The van der Waals surface area contributed by atoms with Gasteiger partial charge in [0.15, 0.2) is 0 Å². The second kappa shape index (κ2) is 4.43. The van der Waals surface area contributed by atoms with Crippen molar-refractivity contribution in [2.75, 3.05) is 0 Å². The summed E-state index contributed by atoms with van der Waals surface area (Å²) in [6.07, 6.45) is -4.27. The van der Waals surface area contributed by atoms with Crippen LogP contribution >= 0.6 is 11.3 Å². The van der Waals surface area contributed by atoms with Crippen molar-refractivity contribution >= 4 is 11.3 Å². The van der Waals surface area contributed by atoms with Gasteiger partial charge in [0.1, 0.15) is 0 Å². The van der Waals surface area contributed by atoms with Crippen molar-refractivity contribution in [3.63, 3.8) is 0 Å². The maximum atomic E-state index is 12.5. The van der Waals surface area contributed by atoms with Crippen molar-refractivity contribution in [1.82, 2.24) is 0 Å². The Kier molecular flexibility index (Phi) is 3.23. The monoisotopic (exact) mass is 270 g/mol. The van der Waals surface area contributed by atoms with Crippen molar-refractivity contribution in [3.8, 4) is 0 Å². The summed E-state index contributed by atoms with van der Waals surface area (Å²) in [5.74, 6) is 0. The van der Waals surface area contributed by atoms with Gasteiger partial charge in [-0.2, -0.15) is 24.5 Å². The third-order valence-corrected chi connectivity index (χ3v) is 3.86. The maximum Gasteiger partial charge on any atom is 0.416 e. The predicted octanol–water partition coefficient (Wildman–Crippen LogP) is 5.09. The number of alkyl halides is 3. The van der Waals surface area contributed by atoms with Gasteiger partial charge in [-0.1, -0.05) is 26.0 Å². The lowest BCUT2D eigenvalue weighted by molar-refractivity contribution is -0.137. The van der Waals surface area contributed by atoms with Gasteiger partial charge in [0.25, 0.3) is 0 Å². The fraction of sp³-hybridized carbons (Fsp3) is 0.286. The molecule has 0 aliphatic carbocycles. The van der Waals surface area contributed by atoms with E-state index in [1.165, 1.54) is 0 Å². The van der Waals surface area contributed by atoms with E-state index in [4.69, 9.17) is 0 Å². The minimum absolute atomic E-state index is 0.274. The number of benzene rings is 1. The van der Waals surface area contributed by atoms with Crippen LogP contribution in [0, 0.1) is 0 Å². The second-order valence-corrected chi connectivity index (χ2v) is 5.49. The summed E-state index contributed by atoms with van der Waals surface area (Å²) >= 11 is 1.59. The minimum atomic E-state index is -4.27. The summed E-state index contributed by atoms with van der Waals surface area (Å²) in [7, 11) is 0. The normalized spacial score (nSPS) is 12.7. The molecule has 0 N–H and O–H groups in total. The third kappa shape index (κ3) is 2.43. The maximum absolute atomic E-state index is 12.5. The molecule has 1 aromatic heterocycles. The molecule has 4 heteroatoms. The number of thiophene rings is 1. The van der Waals surface area contributed by atoms with Crippen LogP contribution in [0.5, 0.6) is 0 Å². The van der Waals surface area contributed by atoms with E-state index in [-0.39, 0.29) is 5.41 Å². The van der Waals surface area contributed by atoms with Crippen LogP contribution in [0.3, 0.4) is 0 Å². The van der Waals surface area contributed by atoms with E-state index >= 15 is 0 Å². The Balaban J connectivity index is 2.36. The lowest BCUT2D eigenvalue weighted by atomic mass is 9.79. The highest BCUT2D eigenvalue weighted by molar-refractivity contribution is 7.08. The van der Waals surface area contributed by atoms with Crippen LogP contribution in [0.15, 0.2) is 41.1 Å². The second-order valence-electron chi connectivity index (χ2n) is 4.71. The van der Waals surface area contributed by atoms with Gasteiger partial charge in [-0.25, -0.2) is 0 Å². The van der Waals surface area contributed by atoms with Crippen molar-refractivity contribution in [3.05, 3.63) is 57.8 Å². The van der Waals surface area contributed by atoms with Crippen LogP contribution in [-0.2, 0) is 11.6 Å². The molecule has 1 heterocycles. The van der Waals surface area contributed by atoms with Gasteiger partial charge >= 0.3 is 6.18 Å². The number of hydrogen-bond acceptors (Lipinski definition) is 1. The summed E-state index contributed by atoms with van der Waals surface area (Å²) in [4.78, 5) is 0. The molecular weight excluding hydrogens is 257 g/mol. The average Bonchev–Trinajstić information content (AvgIpc) is 2.82. The van der Waals surface area contributed by atoms with E-state index in [0.29, 0.717) is 0 Å². The Labute approximate surface area is 108 Å². The Bertz CT molecular complexity index is 507. The molecule has 0 atom stereocenters. The van der Waals surface area contributed by atoms with E-state index in [9.17, 15) is 13.2 Å². The largest absolute Gasteiger partial charge is 0.416 e. The molecule has 2 aromatic rings. The van der Waals surface area contributed by atoms with Crippen molar-refractivity contribution in [2.24, 2.45) is 0 Å². The SMILES string of the molecule is CC(C)(c1ccc(C(F)(F)F)cc1)c1ccsc1. The van der Waals surface area contributed by atoms with Crippen LogP contribution in [0.25, 0.3) is 0 Å². The van der Waals surface area contributed by atoms with Crippen LogP contribution in [0.4, 0.5) is 13.2 Å². The molecule has 2 rings (SSSR count). The molecular formula is C14H13F3S. The zero-order valence-electron chi connectivity index (χ0n) is 10.1. The third-order valence-electron chi connectivity index (χ3n) is 3.18. The summed E-state index contributed by atoms with van der Waals surface area (Å²) in [5.41, 5.74) is 1.12. The molecule has 96 valence electrons. The zero-order chi connectivity index (χ0) is 13.4. The molecule has 0 aliphatic rings. The van der Waals surface area contributed by atoms with E-state index in [1.807, 2.05) is 30.7 Å². The lowest BCUT2D eigenvalue weighted by Gasteiger charge is -2.25. The number of hydrogen-bond donors (Lipinski definition) is 0. The Morgan fingerprint density at radius 1 is 0.833 bits per heavy atom. The zero-order valence-corrected chi connectivity index (χ0v) is 10.9. The molecule has 0 aliphatic heterocycles. The Hall–Kier alpha value is -1.29.